The Morgan fingerprint density at radius 3 is 2.88 bits per heavy atom. The van der Waals surface area contributed by atoms with Crippen LogP contribution in [0.25, 0.3) is 10.2 Å². The van der Waals surface area contributed by atoms with Crippen LogP contribution < -0.4 is 10.6 Å². The van der Waals surface area contributed by atoms with Gasteiger partial charge in [-0.3, -0.25) is 9.59 Å². The van der Waals surface area contributed by atoms with E-state index >= 15 is 0 Å². The predicted molar refractivity (Wildman–Crippen MR) is 68.3 cm³/mol. The number of amides is 2. The molecule has 0 radical (unpaired) electrons. The van der Waals surface area contributed by atoms with E-state index in [0.29, 0.717) is 11.5 Å². The highest BCUT2D eigenvalue weighted by molar-refractivity contribution is 7.23. The quantitative estimate of drug-likeness (QED) is 0.818. The maximum atomic E-state index is 11.0. The highest BCUT2D eigenvalue weighted by Crippen LogP contribution is 2.34. The highest BCUT2D eigenvalue weighted by Gasteiger charge is 2.10. The zero-order valence-electron chi connectivity index (χ0n) is 9.40. The van der Waals surface area contributed by atoms with E-state index in [0.717, 1.165) is 21.5 Å². The Hall–Kier alpha value is -1.95. The number of aryl methyl sites for hydroxylation is 1. The third-order valence-corrected chi connectivity index (χ3v) is 3.26. The molecule has 1 aromatic heterocycles. The predicted octanol–water partition coefficient (Wildman–Crippen LogP) is 2.13. The average Bonchev–Trinajstić information content (AvgIpc) is 2.64. The van der Waals surface area contributed by atoms with Crippen LogP contribution in [0.5, 0.6) is 0 Å². The van der Waals surface area contributed by atoms with Gasteiger partial charge in [-0.05, 0) is 18.6 Å². The number of hydrogen-bond acceptors (Lipinski definition) is 4. The fraction of sp³-hybridized carbons (Fsp3) is 0.182. The topological polar surface area (TPSA) is 71.1 Å². The number of carbonyl (C=O) groups is 2. The van der Waals surface area contributed by atoms with Crippen LogP contribution in [0.15, 0.2) is 12.1 Å². The summed E-state index contributed by atoms with van der Waals surface area (Å²) in [4.78, 5) is 25.8. The maximum absolute atomic E-state index is 11.0. The molecule has 17 heavy (non-hydrogen) atoms. The molecule has 88 valence electrons. The third kappa shape index (κ3) is 2.26. The van der Waals surface area contributed by atoms with Crippen LogP contribution in [-0.2, 0) is 9.59 Å². The van der Waals surface area contributed by atoms with Gasteiger partial charge in [0.25, 0.3) is 0 Å². The number of nitrogens with zero attached hydrogens (tertiary/aromatic N) is 1. The number of fused-ring (bicyclic) bond motifs is 1. The molecule has 0 fully saturated rings. The zero-order valence-corrected chi connectivity index (χ0v) is 10.2. The molecule has 0 saturated heterocycles. The summed E-state index contributed by atoms with van der Waals surface area (Å²) in [5, 5.41) is 5.83. The number of nitrogens with one attached hydrogen (secondary N) is 2. The highest BCUT2D eigenvalue weighted by atomic mass is 32.1. The SMILES string of the molecule is CC(=O)Nc1nc2ccc(C)c(NC=O)c2s1. The van der Waals surface area contributed by atoms with E-state index in [9.17, 15) is 9.59 Å². The van der Waals surface area contributed by atoms with E-state index < -0.39 is 0 Å². The van der Waals surface area contributed by atoms with Gasteiger partial charge < -0.3 is 10.6 Å². The van der Waals surface area contributed by atoms with Crippen molar-refractivity contribution in [1.82, 2.24) is 4.98 Å². The van der Waals surface area contributed by atoms with Gasteiger partial charge in [-0.25, -0.2) is 4.98 Å². The van der Waals surface area contributed by atoms with Gasteiger partial charge in [0.15, 0.2) is 5.13 Å². The van der Waals surface area contributed by atoms with Gasteiger partial charge in [0.2, 0.25) is 12.3 Å². The fourth-order valence-corrected chi connectivity index (χ4v) is 2.61. The molecule has 5 nitrogen and oxygen atoms in total. The summed E-state index contributed by atoms with van der Waals surface area (Å²) in [6.07, 6.45) is 0.638. The van der Waals surface area contributed by atoms with Crippen molar-refractivity contribution in [2.45, 2.75) is 13.8 Å². The minimum Gasteiger partial charge on any atom is -0.327 e. The average molecular weight is 249 g/mol. The lowest BCUT2D eigenvalue weighted by Gasteiger charge is -2.03. The first kappa shape index (κ1) is 11.5. The molecule has 1 aromatic carbocycles. The Morgan fingerprint density at radius 2 is 2.24 bits per heavy atom. The Bertz CT molecular complexity index is 592. The lowest BCUT2D eigenvalue weighted by molar-refractivity contribution is -0.114. The van der Waals surface area contributed by atoms with Gasteiger partial charge >= 0.3 is 0 Å². The Morgan fingerprint density at radius 1 is 1.47 bits per heavy atom. The third-order valence-electron chi connectivity index (χ3n) is 2.25. The van der Waals surface area contributed by atoms with E-state index in [2.05, 4.69) is 15.6 Å². The molecular weight excluding hydrogens is 238 g/mol. The molecule has 0 spiro atoms. The minimum absolute atomic E-state index is 0.161. The summed E-state index contributed by atoms with van der Waals surface area (Å²) < 4.78 is 0.862. The number of rotatable bonds is 3. The molecule has 0 aliphatic carbocycles. The van der Waals surface area contributed by atoms with Crippen LogP contribution in [0.2, 0.25) is 0 Å². The summed E-state index contributed by atoms with van der Waals surface area (Å²) in [6, 6.07) is 3.74. The molecule has 0 aliphatic heterocycles. The molecule has 2 amide bonds. The van der Waals surface area contributed by atoms with Crippen molar-refractivity contribution in [1.29, 1.82) is 0 Å². The second-order valence-electron chi connectivity index (χ2n) is 3.57. The Balaban J connectivity index is 2.55. The number of anilines is 2. The fourth-order valence-electron chi connectivity index (χ4n) is 1.53. The van der Waals surface area contributed by atoms with Crippen LogP contribution >= 0.6 is 11.3 Å². The van der Waals surface area contributed by atoms with Gasteiger partial charge in [-0.15, -0.1) is 0 Å². The summed E-state index contributed by atoms with van der Waals surface area (Å²) in [7, 11) is 0. The van der Waals surface area contributed by atoms with Crippen LogP contribution in [0.4, 0.5) is 10.8 Å². The molecule has 0 bridgehead atoms. The summed E-state index contributed by atoms with van der Waals surface area (Å²) in [5.41, 5.74) is 2.46. The van der Waals surface area contributed by atoms with Gasteiger partial charge in [0.05, 0.1) is 15.9 Å². The molecule has 0 unspecified atom stereocenters. The molecule has 2 rings (SSSR count). The van der Waals surface area contributed by atoms with E-state index in [-0.39, 0.29) is 5.91 Å². The first-order chi connectivity index (χ1) is 8.11. The molecule has 0 atom stereocenters. The van der Waals surface area contributed by atoms with Crippen LogP contribution in [-0.4, -0.2) is 17.3 Å². The van der Waals surface area contributed by atoms with Crippen LogP contribution in [0, 0.1) is 6.92 Å². The van der Waals surface area contributed by atoms with Gasteiger partial charge in [-0.2, -0.15) is 0 Å². The van der Waals surface area contributed by atoms with E-state index in [4.69, 9.17) is 0 Å². The number of benzene rings is 1. The molecule has 6 heteroatoms. The first-order valence-electron chi connectivity index (χ1n) is 4.99. The van der Waals surface area contributed by atoms with Crippen molar-refractivity contribution < 1.29 is 9.59 Å². The van der Waals surface area contributed by atoms with E-state index in [1.807, 2.05) is 19.1 Å². The molecule has 0 saturated carbocycles. The van der Waals surface area contributed by atoms with Gasteiger partial charge in [-0.1, -0.05) is 17.4 Å². The van der Waals surface area contributed by atoms with Crippen LogP contribution in [0.1, 0.15) is 12.5 Å². The monoisotopic (exact) mass is 249 g/mol. The van der Waals surface area contributed by atoms with Crippen molar-refractivity contribution >= 4 is 44.7 Å². The van der Waals surface area contributed by atoms with Crippen molar-refractivity contribution in [2.24, 2.45) is 0 Å². The molecular formula is C11H11N3O2S. The molecule has 2 N–H and O–H groups in total. The van der Waals surface area contributed by atoms with E-state index in [1.54, 1.807) is 0 Å². The number of carbonyl (C=O) groups excluding carboxylic acids is 2. The Kier molecular flexibility index (Phi) is 3.06. The van der Waals surface area contributed by atoms with Crippen molar-refractivity contribution in [3.63, 3.8) is 0 Å². The molecule has 0 aliphatic rings. The van der Waals surface area contributed by atoms with Gasteiger partial charge in [0.1, 0.15) is 0 Å². The maximum Gasteiger partial charge on any atom is 0.223 e. The molecule has 2 aromatic rings. The minimum atomic E-state index is -0.161. The second-order valence-corrected chi connectivity index (χ2v) is 4.57. The summed E-state index contributed by atoms with van der Waals surface area (Å²) >= 11 is 1.34. The lowest BCUT2D eigenvalue weighted by Crippen LogP contribution is -2.04. The summed E-state index contributed by atoms with van der Waals surface area (Å²) in [5.74, 6) is -0.161. The second kappa shape index (κ2) is 4.50. The van der Waals surface area contributed by atoms with E-state index in [1.165, 1.54) is 18.3 Å². The van der Waals surface area contributed by atoms with Crippen molar-refractivity contribution in [2.75, 3.05) is 10.6 Å². The first-order valence-corrected chi connectivity index (χ1v) is 5.81. The molecule has 1 heterocycles. The van der Waals surface area contributed by atoms with Crippen LogP contribution in [0.3, 0.4) is 0 Å². The smallest absolute Gasteiger partial charge is 0.223 e. The standard InChI is InChI=1S/C11H11N3O2S/c1-6-3-4-8-10(9(6)12-5-15)17-11(14-8)13-7(2)16/h3-5H,1-2H3,(H,12,15)(H,13,14,16). The Labute approximate surface area is 102 Å². The normalized spacial score (nSPS) is 10.2. The van der Waals surface area contributed by atoms with Crippen molar-refractivity contribution in [3.05, 3.63) is 17.7 Å². The largest absolute Gasteiger partial charge is 0.327 e. The number of aromatic nitrogens is 1. The zero-order chi connectivity index (χ0) is 12.4. The van der Waals surface area contributed by atoms with Crippen molar-refractivity contribution in [3.8, 4) is 0 Å². The number of thiazole rings is 1. The lowest BCUT2D eigenvalue weighted by atomic mass is 10.2. The van der Waals surface area contributed by atoms with Gasteiger partial charge in [0, 0.05) is 6.92 Å². The summed E-state index contributed by atoms with van der Waals surface area (Å²) in [6.45, 7) is 3.34. The number of hydrogen-bond donors (Lipinski definition) is 2.